The van der Waals surface area contributed by atoms with Gasteiger partial charge in [0.05, 0.1) is 18.2 Å². The molecule has 1 aliphatic heterocycles. The predicted octanol–water partition coefficient (Wildman–Crippen LogP) is 4.41. The highest BCUT2D eigenvalue weighted by atomic mass is 16.5. The van der Waals surface area contributed by atoms with E-state index in [1.54, 1.807) is 35.2 Å². The van der Waals surface area contributed by atoms with E-state index in [0.717, 1.165) is 24.3 Å². The summed E-state index contributed by atoms with van der Waals surface area (Å²) in [5, 5.41) is 11.2. The van der Waals surface area contributed by atoms with Crippen LogP contribution in [0.1, 0.15) is 36.9 Å². The maximum Gasteiger partial charge on any atom is 0.295 e. The quantitative estimate of drug-likeness (QED) is 0.211. The molecule has 0 radical (unpaired) electrons. The van der Waals surface area contributed by atoms with Crippen molar-refractivity contribution in [2.45, 2.75) is 25.8 Å². The summed E-state index contributed by atoms with van der Waals surface area (Å²) in [5.41, 5.74) is 1.27. The molecule has 7 nitrogen and oxygen atoms in total. The minimum atomic E-state index is -0.686. The Morgan fingerprint density at radius 2 is 1.69 bits per heavy atom. The molecule has 1 aliphatic rings. The molecule has 7 heteroatoms. The standard InChI is InChI=1S/C28H34N2O5/c1-5-18-34-22-12-8-20(9-13-22)25-24(27(32)28(33)30(25)17-7-16-29(3)4)26(31)21-10-14-23(15-11-21)35-19-6-2/h6,8-15,25,31H,2,5,7,16-19H2,1,3-4H3/t25-/m1/s1. The van der Waals surface area contributed by atoms with Crippen LogP contribution in [0.4, 0.5) is 0 Å². The number of hydrogen-bond donors (Lipinski definition) is 1. The number of hydrogen-bond acceptors (Lipinski definition) is 6. The molecule has 0 aromatic heterocycles. The first kappa shape index (κ1) is 26.0. The highest BCUT2D eigenvalue weighted by Crippen LogP contribution is 2.40. The number of carbonyl (C=O) groups excluding carboxylic acids is 2. The summed E-state index contributed by atoms with van der Waals surface area (Å²) >= 11 is 0. The third kappa shape index (κ3) is 6.31. The minimum absolute atomic E-state index is 0.0850. The maximum absolute atomic E-state index is 13.1. The highest BCUT2D eigenvalue weighted by molar-refractivity contribution is 6.46. The van der Waals surface area contributed by atoms with E-state index in [1.807, 2.05) is 50.2 Å². The van der Waals surface area contributed by atoms with E-state index in [4.69, 9.17) is 9.47 Å². The first-order valence-electron chi connectivity index (χ1n) is 11.9. The normalized spacial score (nSPS) is 17.1. The smallest absolute Gasteiger partial charge is 0.295 e. The van der Waals surface area contributed by atoms with Crippen molar-refractivity contribution in [2.75, 3.05) is 40.4 Å². The number of nitrogens with zero attached hydrogens (tertiary/aromatic N) is 2. The fourth-order valence-corrected chi connectivity index (χ4v) is 4.00. The average molecular weight is 479 g/mol. The van der Waals surface area contributed by atoms with Crippen LogP contribution >= 0.6 is 0 Å². The zero-order valence-corrected chi connectivity index (χ0v) is 20.7. The number of aliphatic hydroxyl groups is 1. The summed E-state index contributed by atoms with van der Waals surface area (Å²) in [5.74, 6) is -0.159. The first-order chi connectivity index (χ1) is 16.9. The molecule has 1 N–H and O–H groups in total. The third-order valence-corrected chi connectivity index (χ3v) is 5.71. The van der Waals surface area contributed by atoms with Crippen LogP contribution in [0.15, 0.2) is 66.8 Å². The number of benzene rings is 2. The minimum Gasteiger partial charge on any atom is -0.507 e. The molecule has 1 heterocycles. The topological polar surface area (TPSA) is 79.3 Å². The SMILES string of the molecule is C=CCOc1ccc(C(O)=C2C(=O)C(=O)N(CCCN(C)C)[C@@H]2c2ccc(OCCC)cc2)cc1. The molecule has 2 aromatic rings. The molecular weight excluding hydrogens is 444 g/mol. The lowest BCUT2D eigenvalue weighted by Crippen LogP contribution is -2.32. The van der Waals surface area contributed by atoms with Gasteiger partial charge in [-0.25, -0.2) is 0 Å². The van der Waals surface area contributed by atoms with E-state index in [0.29, 0.717) is 37.5 Å². The van der Waals surface area contributed by atoms with Crippen molar-refractivity contribution in [1.82, 2.24) is 9.80 Å². The molecule has 1 saturated heterocycles. The summed E-state index contributed by atoms with van der Waals surface area (Å²) in [6.45, 7) is 7.80. The van der Waals surface area contributed by atoms with Gasteiger partial charge in [0.2, 0.25) is 0 Å². The first-order valence-corrected chi connectivity index (χ1v) is 11.9. The van der Waals surface area contributed by atoms with Gasteiger partial charge in [0.25, 0.3) is 11.7 Å². The van der Waals surface area contributed by atoms with Crippen molar-refractivity contribution in [3.05, 3.63) is 77.9 Å². The molecule has 0 saturated carbocycles. The predicted molar refractivity (Wildman–Crippen MR) is 137 cm³/mol. The molecule has 0 spiro atoms. The van der Waals surface area contributed by atoms with E-state index in [2.05, 4.69) is 6.58 Å². The van der Waals surface area contributed by atoms with Crippen molar-refractivity contribution < 1.29 is 24.2 Å². The van der Waals surface area contributed by atoms with E-state index < -0.39 is 17.7 Å². The van der Waals surface area contributed by atoms with Crippen LogP contribution in [-0.4, -0.2) is 67.0 Å². The summed E-state index contributed by atoms with van der Waals surface area (Å²) in [6, 6.07) is 13.4. The largest absolute Gasteiger partial charge is 0.507 e. The third-order valence-electron chi connectivity index (χ3n) is 5.71. The Morgan fingerprint density at radius 3 is 2.29 bits per heavy atom. The molecule has 0 bridgehead atoms. The second-order valence-corrected chi connectivity index (χ2v) is 8.69. The number of carbonyl (C=O) groups is 2. The van der Waals surface area contributed by atoms with Crippen molar-refractivity contribution in [3.8, 4) is 11.5 Å². The van der Waals surface area contributed by atoms with Gasteiger partial charge in [0.1, 0.15) is 23.9 Å². The lowest BCUT2D eigenvalue weighted by atomic mass is 9.95. The summed E-state index contributed by atoms with van der Waals surface area (Å²) in [4.78, 5) is 29.8. The second kappa shape index (κ2) is 12.2. The van der Waals surface area contributed by atoms with Crippen LogP contribution in [0.5, 0.6) is 11.5 Å². The lowest BCUT2D eigenvalue weighted by Gasteiger charge is -2.26. The Balaban J connectivity index is 2.00. The monoisotopic (exact) mass is 478 g/mol. The highest BCUT2D eigenvalue weighted by Gasteiger charge is 2.45. The van der Waals surface area contributed by atoms with Gasteiger partial charge < -0.3 is 24.4 Å². The number of likely N-dealkylation sites (tertiary alicyclic amines) is 1. The zero-order chi connectivity index (χ0) is 25.4. The number of rotatable bonds is 12. The fourth-order valence-electron chi connectivity index (χ4n) is 4.00. The molecule has 3 rings (SSSR count). The van der Waals surface area contributed by atoms with E-state index in [1.165, 1.54) is 0 Å². The number of Topliss-reactive ketones (excluding diaryl/α,β-unsaturated/α-hetero) is 1. The molecule has 2 aromatic carbocycles. The maximum atomic E-state index is 13.1. The van der Waals surface area contributed by atoms with Gasteiger partial charge >= 0.3 is 0 Å². The van der Waals surface area contributed by atoms with Gasteiger partial charge in [-0.1, -0.05) is 31.7 Å². The second-order valence-electron chi connectivity index (χ2n) is 8.69. The van der Waals surface area contributed by atoms with Gasteiger partial charge in [0, 0.05) is 12.1 Å². The van der Waals surface area contributed by atoms with E-state index in [-0.39, 0.29) is 11.3 Å². The summed E-state index contributed by atoms with van der Waals surface area (Å²) in [6.07, 6.45) is 3.24. The Morgan fingerprint density at radius 1 is 1.06 bits per heavy atom. The van der Waals surface area contributed by atoms with Gasteiger partial charge in [-0.15, -0.1) is 0 Å². The zero-order valence-electron chi connectivity index (χ0n) is 20.7. The summed E-state index contributed by atoms with van der Waals surface area (Å²) < 4.78 is 11.2. The Bertz CT molecular complexity index is 1060. The molecule has 0 aliphatic carbocycles. The molecule has 0 unspecified atom stereocenters. The molecular formula is C28H34N2O5. The average Bonchev–Trinajstić information content (AvgIpc) is 3.11. The van der Waals surface area contributed by atoms with Crippen LogP contribution in [0.3, 0.4) is 0 Å². The van der Waals surface area contributed by atoms with Crippen LogP contribution in [-0.2, 0) is 9.59 Å². The van der Waals surface area contributed by atoms with Crippen LogP contribution < -0.4 is 9.47 Å². The van der Waals surface area contributed by atoms with Crippen molar-refractivity contribution in [1.29, 1.82) is 0 Å². The Hall–Kier alpha value is -3.58. The fraction of sp³-hybridized carbons (Fsp3) is 0.357. The lowest BCUT2D eigenvalue weighted by molar-refractivity contribution is -0.139. The molecule has 1 atom stereocenters. The molecule has 1 amide bonds. The van der Waals surface area contributed by atoms with Crippen LogP contribution in [0, 0.1) is 0 Å². The number of ether oxygens (including phenoxy) is 2. The number of amides is 1. The molecule has 35 heavy (non-hydrogen) atoms. The van der Waals surface area contributed by atoms with E-state index >= 15 is 0 Å². The van der Waals surface area contributed by atoms with Crippen molar-refractivity contribution in [3.63, 3.8) is 0 Å². The van der Waals surface area contributed by atoms with Gasteiger partial charge in [-0.2, -0.15) is 0 Å². The van der Waals surface area contributed by atoms with Gasteiger partial charge in [0.15, 0.2) is 0 Å². The Labute approximate surface area is 207 Å². The van der Waals surface area contributed by atoms with Gasteiger partial charge in [-0.05, 0) is 75.4 Å². The van der Waals surface area contributed by atoms with Crippen LogP contribution in [0.25, 0.3) is 5.76 Å². The van der Waals surface area contributed by atoms with Crippen molar-refractivity contribution >= 4 is 17.4 Å². The van der Waals surface area contributed by atoms with Gasteiger partial charge in [-0.3, -0.25) is 9.59 Å². The number of aliphatic hydroxyl groups excluding tert-OH is 1. The van der Waals surface area contributed by atoms with E-state index in [9.17, 15) is 14.7 Å². The van der Waals surface area contributed by atoms with Crippen molar-refractivity contribution in [2.24, 2.45) is 0 Å². The van der Waals surface area contributed by atoms with Crippen LogP contribution in [0.2, 0.25) is 0 Å². The molecule has 186 valence electrons. The Kier molecular flexibility index (Phi) is 9.09. The summed E-state index contributed by atoms with van der Waals surface area (Å²) in [7, 11) is 3.92. The number of ketones is 1. The molecule has 1 fully saturated rings.